The highest BCUT2D eigenvalue weighted by Crippen LogP contribution is 2.23. The normalized spacial score (nSPS) is 17.5. The summed E-state index contributed by atoms with van der Waals surface area (Å²) in [6, 6.07) is 7.02. The Bertz CT molecular complexity index is 690. The van der Waals surface area contributed by atoms with Gasteiger partial charge >= 0.3 is 5.97 Å². The van der Waals surface area contributed by atoms with Crippen LogP contribution in [-0.4, -0.2) is 39.5 Å². The topological polar surface area (TPSA) is 70.5 Å². The minimum Gasteiger partial charge on any atom is -0.479 e. The molecule has 1 N–H and O–H groups in total. The lowest BCUT2D eigenvalue weighted by Gasteiger charge is -2.21. The van der Waals surface area contributed by atoms with Gasteiger partial charge < -0.3 is 10.0 Å². The van der Waals surface area contributed by atoms with Crippen LogP contribution in [0.5, 0.6) is 0 Å². The zero-order chi connectivity index (χ0) is 14.8. The summed E-state index contributed by atoms with van der Waals surface area (Å²) >= 11 is 1.58. The number of nitrogens with zero attached hydrogens (tertiary/aromatic N) is 2. The van der Waals surface area contributed by atoms with Crippen LogP contribution in [0.2, 0.25) is 0 Å². The predicted octanol–water partition coefficient (Wildman–Crippen LogP) is 2.08. The van der Waals surface area contributed by atoms with Crippen molar-refractivity contribution in [3.05, 3.63) is 41.4 Å². The van der Waals surface area contributed by atoms with Crippen LogP contribution in [0, 0.1) is 0 Å². The van der Waals surface area contributed by atoms with Crippen LogP contribution in [0.25, 0.3) is 10.2 Å². The number of aryl methyl sites for hydroxylation is 1. The van der Waals surface area contributed by atoms with Crippen LogP contribution < -0.4 is 0 Å². The molecule has 108 valence electrons. The van der Waals surface area contributed by atoms with Crippen LogP contribution in [0.15, 0.2) is 36.4 Å². The number of hydrogen-bond acceptors (Lipinski definition) is 4. The van der Waals surface area contributed by atoms with Gasteiger partial charge in [-0.2, -0.15) is 0 Å². The van der Waals surface area contributed by atoms with E-state index < -0.39 is 12.0 Å². The number of carbonyl (C=O) groups excluding carboxylic acids is 1. The molecule has 0 unspecified atom stereocenters. The van der Waals surface area contributed by atoms with Crippen molar-refractivity contribution < 1.29 is 14.7 Å². The van der Waals surface area contributed by atoms with Gasteiger partial charge in [0.2, 0.25) is 5.91 Å². The van der Waals surface area contributed by atoms with Crippen LogP contribution in [0.3, 0.4) is 0 Å². The first kappa shape index (κ1) is 13.8. The molecule has 1 amide bonds. The number of thiazole rings is 1. The smallest absolute Gasteiger partial charge is 0.330 e. The zero-order valence-corrected chi connectivity index (χ0v) is 12.0. The van der Waals surface area contributed by atoms with Crippen molar-refractivity contribution in [3.63, 3.8) is 0 Å². The van der Waals surface area contributed by atoms with Crippen molar-refractivity contribution in [1.29, 1.82) is 0 Å². The molecule has 2 aromatic rings. The van der Waals surface area contributed by atoms with Gasteiger partial charge in [0.25, 0.3) is 0 Å². The van der Waals surface area contributed by atoms with E-state index in [0.717, 1.165) is 15.2 Å². The van der Waals surface area contributed by atoms with Crippen molar-refractivity contribution >= 4 is 33.4 Å². The Balaban J connectivity index is 1.64. The summed E-state index contributed by atoms with van der Waals surface area (Å²) in [6.07, 6.45) is 4.10. The summed E-state index contributed by atoms with van der Waals surface area (Å²) in [7, 11) is 0. The van der Waals surface area contributed by atoms with Gasteiger partial charge in [-0.05, 0) is 12.1 Å². The van der Waals surface area contributed by atoms with E-state index in [4.69, 9.17) is 5.11 Å². The van der Waals surface area contributed by atoms with Crippen molar-refractivity contribution in [3.8, 4) is 0 Å². The quantitative estimate of drug-likeness (QED) is 0.878. The van der Waals surface area contributed by atoms with Crippen LogP contribution >= 0.6 is 11.3 Å². The molecular formula is C15H14N2O3S. The molecular weight excluding hydrogens is 288 g/mol. The van der Waals surface area contributed by atoms with E-state index in [0.29, 0.717) is 13.0 Å². The highest BCUT2D eigenvalue weighted by atomic mass is 32.1. The number of rotatable bonds is 4. The number of hydrogen-bond donors (Lipinski definition) is 1. The van der Waals surface area contributed by atoms with Crippen molar-refractivity contribution in [2.75, 3.05) is 6.54 Å². The fraction of sp³-hybridized carbons (Fsp3) is 0.267. The van der Waals surface area contributed by atoms with Crippen molar-refractivity contribution in [2.45, 2.75) is 18.9 Å². The van der Waals surface area contributed by atoms with E-state index in [2.05, 4.69) is 4.98 Å². The summed E-state index contributed by atoms with van der Waals surface area (Å²) in [5.41, 5.74) is 0.941. The second-order valence-electron chi connectivity index (χ2n) is 4.83. The number of fused-ring (bicyclic) bond motifs is 1. The van der Waals surface area contributed by atoms with Gasteiger partial charge in [0.15, 0.2) is 0 Å². The van der Waals surface area contributed by atoms with Gasteiger partial charge in [-0.3, -0.25) is 4.79 Å². The lowest BCUT2D eigenvalue weighted by atomic mass is 10.2. The number of amides is 1. The van der Waals surface area contributed by atoms with Gasteiger partial charge in [-0.15, -0.1) is 11.3 Å². The average Bonchev–Trinajstić information content (AvgIpc) is 3.10. The molecule has 0 spiro atoms. The molecule has 6 heteroatoms. The first-order chi connectivity index (χ1) is 10.1. The fourth-order valence-electron chi connectivity index (χ4n) is 2.38. The maximum atomic E-state index is 12.1. The molecule has 5 nitrogen and oxygen atoms in total. The van der Waals surface area contributed by atoms with Crippen LogP contribution in [0.1, 0.15) is 11.4 Å². The molecule has 0 radical (unpaired) electrons. The summed E-state index contributed by atoms with van der Waals surface area (Å²) in [6.45, 7) is 0.371. The Hall–Kier alpha value is -2.21. The minimum atomic E-state index is -0.989. The summed E-state index contributed by atoms with van der Waals surface area (Å²) in [4.78, 5) is 29.1. The second kappa shape index (κ2) is 5.65. The number of para-hydroxylation sites is 1. The third-order valence-electron chi connectivity index (χ3n) is 3.42. The molecule has 1 atom stereocenters. The molecule has 1 aromatic carbocycles. The number of carboxylic acids is 1. The van der Waals surface area contributed by atoms with E-state index in [1.807, 2.05) is 24.3 Å². The lowest BCUT2D eigenvalue weighted by Crippen LogP contribution is -2.40. The highest BCUT2D eigenvalue weighted by Gasteiger charge is 2.29. The number of carboxylic acid groups (broad SMARTS) is 1. The predicted molar refractivity (Wildman–Crippen MR) is 80.2 cm³/mol. The third kappa shape index (κ3) is 2.80. The van der Waals surface area contributed by atoms with Gasteiger partial charge in [0.1, 0.15) is 6.04 Å². The molecule has 0 fully saturated rings. The number of aliphatic carboxylic acids is 1. The Morgan fingerprint density at radius 2 is 2.19 bits per heavy atom. The summed E-state index contributed by atoms with van der Waals surface area (Å²) in [5.74, 6) is -1.14. The van der Waals surface area contributed by atoms with Gasteiger partial charge in [0.05, 0.1) is 15.2 Å². The molecule has 1 aromatic heterocycles. The Morgan fingerprint density at radius 3 is 2.95 bits per heavy atom. The van der Waals surface area contributed by atoms with Gasteiger partial charge in [-0.1, -0.05) is 24.3 Å². The number of aromatic nitrogens is 1. The van der Waals surface area contributed by atoms with Crippen LogP contribution in [-0.2, 0) is 16.0 Å². The molecule has 3 rings (SSSR count). The SMILES string of the molecule is O=C(O)[C@H]1C=CCN1C(=O)CCc1nc2ccccc2s1. The van der Waals surface area contributed by atoms with Gasteiger partial charge in [-0.25, -0.2) is 9.78 Å². The molecule has 0 saturated heterocycles. The first-order valence-electron chi connectivity index (χ1n) is 6.68. The Morgan fingerprint density at radius 1 is 1.38 bits per heavy atom. The lowest BCUT2D eigenvalue weighted by molar-refractivity contribution is -0.146. The molecule has 0 saturated carbocycles. The molecule has 21 heavy (non-hydrogen) atoms. The third-order valence-corrected chi connectivity index (χ3v) is 4.52. The molecule has 1 aliphatic heterocycles. The largest absolute Gasteiger partial charge is 0.479 e. The van der Waals surface area contributed by atoms with Crippen LogP contribution in [0.4, 0.5) is 0 Å². The second-order valence-corrected chi connectivity index (χ2v) is 5.95. The number of benzene rings is 1. The first-order valence-corrected chi connectivity index (χ1v) is 7.50. The Labute approximate surface area is 125 Å². The van der Waals surface area contributed by atoms with Crippen molar-refractivity contribution in [1.82, 2.24) is 9.88 Å². The van der Waals surface area contributed by atoms with E-state index in [1.54, 1.807) is 23.5 Å². The van der Waals surface area contributed by atoms with E-state index >= 15 is 0 Å². The zero-order valence-electron chi connectivity index (χ0n) is 11.2. The molecule has 0 bridgehead atoms. The Kier molecular flexibility index (Phi) is 3.70. The summed E-state index contributed by atoms with van der Waals surface area (Å²) < 4.78 is 1.10. The van der Waals surface area contributed by atoms with Crippen molar-refractivity contribution in [2.24, 2.45) is 0 Å². The summed E-state index contributed by atoms with van der Waals surface area (Å²) in [5, 5.41) is 9.96. The molecule has 1 aliphatic rings. The minimum absolute atomic E-state index is 0.147. The standard InChI is InChI=1S/C15H14N2O3S/c18-14(17-9-3-5-11(17)15(19)20)8-7-13-16-10-4-1-2-6-12(10)21-13/h1-6,11H,7-9H2,(H,19,20)/t11-/m1/s1. The maximum Gasteiger partial charge on any atom is 0.330 e. The fourth-order valence-corrected chi connectivity index (χ4v) is 3.34. The molecule has 0 aliphatic carbocycles. The highest BCUT2D eigenvalue weighted by molar-refractivity contribution is 7.18. The van der Waals surface area contributed by atoms with E-state index in [-0.39, 0.29) is 12.3 Å². The monoisotopic (exact) mass is 302 g/mol. The van der Waals surface area contributed by atoms with E-state index in [9.17, 15) is 9.59 Å². The average molecular weight is 302 g/mol. The maximum absolute atomic E-state index is 12.1. The molecule has 2 heterocycles. The number of carbonyl (C=O) groups is 2. The van der Waals surface area contributed by atoms with Gasteiger partial charge in [0, 0.05) is 19.4 Å². The van der Waals surface area contributed by atoms with E-state index in [1.165, 1.54) is 4.90 Å².